The summed E-state index contributed by atoms with van der Waals surface area (Å²) in [6, 6.07) is -11.2. The molecule has 3 unspecified atom stereocenters. The molecule has 0 radical (unpaired) electrons. The number of fused-ring (bicyclic) bond motifs is 4. The molecular formula is C78H126Cl2F2N12O13. The monoisotopic (exact) mass is 1550 g/mol. The second kappa shape index (κ2) is 38.6. The molecule has 2 bridgehead atoms. The third kappa shape index (κ3) is 21.3. The molecule has 0 aromatic rings. The minimum absolute atomic E-state index is 0.00180. The van der Waals surface area contributed by atoms with Gasteiger partial charge in [0.2, 0.25) is 77.3 Å². The Morgan fingerprint density at radius 2 is 1.30 bits per heavy atom. The van der Waals surface area contributed by atoms with Gasteiger partial charge in [0.15, 0.2) is 0 Å². The molecule has 25 nitrogen and oxygen atoms in total. The molecule has 3 N–H and O–H groups in total. The van der Waals surface area contributed by atoms with Gasteiger partial charge in [0, 0.05) is 86.7 Å². The highest BCUT2D eigenvalue weighted by Gasteiger charge is 2.59. The van der Waals surface area contributed by atoms with Crippen LogP contribution in [0.3, 0.4) is 0 Å². The van der Waals surface area contributed by atoms with Crippen molar-refractivity contribution in [3.63, 3.8) is 0 Å². The first-order chi connectivity index (χ1) is 50.4. The highest BCUT2D eigenvalue weighted by Crippen LogP contribution is 2.50. The molecule has 107 heavy (non-hydrogen) atoms. The van der Waals surface area contributed by atoms with E-state index in [4.69, 9.17) is 27.9 Å². The van der Waals surface area contributed by atoms with Crippen LogP contribution in [0.5, 0.6) is 0 Å². The summed E-state index contributed by atoms with van der Waals surface area (Å²) in [5.74, 6) is -9.75. The molecule has 4 aliphatic heterocycles. The summed E-state index contributed by atoms with van der Waals surface area (Å²) in [6.45, 7) is 16.2. The predicted octanol–water partition coefficient (Wildman–Crippen LogP) is 7.36. The van der Waals surface area contributed by atoms with Gasteiger partial charge in [-0.15, -0.1) is 23.2 Å². The van der Waals surface area contributed by atoms with Gasteiger partial charge in [-0.05, 0) is 152 Å². The summed E-state index contributed by atoms with van der Waals surface area (Å²) in [5, 5.41) is 8.43. The first-order valence-corrected chi connectivity index (χ1v) is 40.5. The Labute approximate surface area is 644 Å². The third-order valence-corrected chi connectivity index (χ3v) is 25.5. The van der Waals surface area contributed by atoms with Crippen LogP contribution in [-0.4, -0.2) is 280 Å². The summed E-state index contributed by atoms with van der Waals surface area (Å²) < 4.78 is 34.7. The van der Waals surface area contributed by atoms with Gasteiger partial charge in [-0.2, -0.15) is 0 Å². The Hall–Kier alpha value is -6.22. The lowest BCUT2D eigenvalue weighted by Gasteiger charge is -2.54. The van der Waals surface area contributed by atoms with Gasteiger partial charge >= 0.3 is 0 Å². The van der Waals surface area contributed by atoms with E-state index < -0.39 is 179 Å². The van der Waals surface area contributed by atoms with Crippen LogP contribution >= 0.6 is 23.2 Å². The summed E-state index contributed by atoms with van der Waals surface area (Å²) in [6.07, 6.45) is 5.81. The van der Waals surface area contributed by atoms with Crippen LogP contribution in [-0.2, 0) is 62.3 Å². The van der Waals surface area contributed by atoms with Crippen LogP contribution in [0.25, 0.3) is 0 Å². The number of carbonyl (C=O) groups excluding carboxylic acids is 12. The molecule has 1 spiro atoms. The van der Waals surface area contributed by atoms with E-state index in [1.54, 1.807) is 13.0 Å². The molecule has 6 fully saturated rings. The molecule has 3 saturated carbocycles. The number of hydrogen-bond donors (Lipinski definition) is 3. The standard InChI is InChI=1S/C78H126Cl2F2N12O13/c1-17-25-56-67(97)84-64(47(7)18-2)74(104)92-37-24-27-58(92)72(102)89(14)57-26-22-21-23-36-93(73(57)103)61(39-49-28-32-51(33-29-49)66(81)82)71(101)87(12)43-62(95)83-55(35-31-48-30-34-53(79)54(80)38-48)69(99)94-42-52(107-46(5)6)40-59(94)68(98)85-78(44-77(8,9)45-78)76(106)91(16)65(50(19-3)20-4)75(105)90(15)60(70(100)86(10)11)41-63(96)88(56)13/h21-22,46-61,64-66H,17-20,23-45H2,1-16H3,(H,83,95)(H,84,97)(H,85,98)/b22-21-/t47-,48?,49?,51?,52+,53?,54?,55-,56-,57-,58-,59-,60-,61-,64-,65-/m0/s1. The molecule has 0 aromatic carbocycles. The maximum atomic E-state index is 15.8. The lowest BCUT2D eigenvalue weighted by atomic mass is 9.58. The molecular weight excluding hydrogens is 1420 g/mol. The van der Waals surface area contributed by atoms with Crippen molar-refractivity contribution in [1.29, 1.82) is 0 Å². The quantitative estimate of drug-likeness (QED) is 0.101. The third-order valence-electron chi connectivity index (χ3n) is 24.3. The van der Waals surface area contributed by atoms with Crippen molar-refractivity contribution in [3.05, 3.63) is 12.2 Å². The van der Waals surface area contributed by atoms with E-state index in [0.29, 0.717) is 77.0 Å². The SMILES string of the molecule is CCC[C@H]1C(=O)N[C@@H]([C@@H](C)CC)C(=O)N2CCC[C@H]2C(=O)N(C)[C@H]2C/C=C\CCN(C2=O)[C@@H](CC2CCC(C(F)F)CC2)C(=O)N(C)CC(=O)N[C@@H](CCC2CCC(Cl)C(Cl)C2)C(=O)N2C[C@H](OC(C)C)C[C@H]2C(=O)NC2(CC(C)(C)C2)C(=O)N(C)[C@@H](C(CC)CC)C(=O)N(C)[C@H](C(=O)N(C)C)CC(=O)N1C. The van der Waals surface area contributed by atoms with E-state index in [1.807, 2.05) is 61.5 Å². The van der Waals surface area contributed by atoms with Gasteiger partial charge in [0.1, 0.15) is 59.9 Å². The van der Waals surface area contributed by atoms with E-state index >= 15 is 38.4 Å². The van der Waals surface area contributed by atoms with E-state index in [0.717, 1.165) is 0 Å². The van der Waals surface area contributed by atoms with Crippen molar-refractivity contribution in [2.24, 2.45) is 35.0 Å². The first kappa shape index (κ1) is 88.0. The normalized spacial score (nSPS) is 32.0. The highest BCUT2D eigenvalue weighted by atomic mass is 35.5. The molecule has 7 rings (SSSR count). The number of alkyl halides is 4. The highest BCUT2D eigenvalue weighted by molar-refractivity contribution is 6.30. The number of hydrogen-bond acceptors (Lipinski definition) is 13. The topological polar surface area (TPSA) is 279 Å². The van der Waals surface area contributed by atoms with Crippen LogP contribution in [0, 0.1) is 35.0 Å². The van der Waals surface area contributed by atoms with Crippen molar-refractivity contribution in [1.82, 2.24) is 60.0 Å². The maximum Gasteiger partial charge on any atom is 0.248 e. The van der Waals surface area contributed by atoms with Gasteiger partial charge in [0.25, 0.3) is 0 Å². The number of nitrogens with zero attached hydrogens (tertiary/aromatic N) is 9. The van der Waals surface area contributed by atoms with Gasteiger partial charge in [0.05, 0.1) is 30.6 Å². The molecule has 3 saturated heterocycles. The minimum Gasteiger partial charge on any atom is -0.374 e. The summed E-state index contributed by atoms with van der Waals surface area (Å²) in [7, 11) is 10.2. The second-order valence-corrected chi connectivity index (χ2v) is 34.4. The Bertz CT molecular complexity index is 3180. The number of nitrogens with one attached hydrogen (secondary N) is 3. The van der Waals surface area contributed by atoms with Crippen molar-refractivity contribution in [2.75, 3.05) is 75.5 Å². The molecule has 0 aromatic heterocycles. The van der Waals surface area contributed by atoms with E-state index in [9.17, 15) is 28.0 Å². The van der Waals surface area contributed by atoms with Gasteiger partial charge in [-0.3, -0.25) is 57.5 Å². The fourth-order valence-corrected chi connectivity index (χ4v) is 18.6. The number of rotatable bonds is 16. The van der Waals surface area contributed by atoms with Crippen LogP contribution in [0.15, 0.2) is 12.2 Å². The van der Waals surface area contributed by atoms with Crippen molar-refractivity contribution in [2.45, 2.75) is 299 Å². The maximum absolute atomic E-state index is 15.8. The number of ether oxygens (including phenoxy) is 1. The van der Waals surface area contributed by atoms with Crippen LogP contribution in [0.4, 0.5) is 8.78 Å². The Kier molecular flexibility index (Phi) is 31.8. The van der Waals surface area contributed by atoms with Crippen LogP contribution in [0.2, 0.25) is 0 Å². The van der Waals surface area contributed by atoms with Gasteiger partial charge in [-0.1, -0.05) is 86.3 Å². The molecule has 7 aliphatic rings. The van der Waals surface area contributed by atoms with Crippen LogP contribution in [0.1, 0.15) is 210 Å². The lowest BCUT2D eigenvalue weighted by molar-refractivity contribution is -0.161. The Morgan fingerprint density at radius 1 is 0.645 bits per heavy atom. The van der Waals surface area contributed by atoms with Crippen molar-refractivity contribution >= 4 is 94.1 Å². The zero-order valence-electron chi connectivity index (χ0n) is 66.6. The number of likely N-dealkylation sites (N-methyl/N-ethyl adjacent to an activating group) is 6. The molecule has 29 heteroatoms. The van der Waals surface area contributed by atoms with Gasteiger partial charge < -0.3 is 64.8 Å². The zero-order chi connectivity index (χ0) is 79.4. The second-order valence-electron chi connectivity index (χ2n) is 33.3. The van der Waals surface area contributed by atoms with E-state index in [-0.39, 0.29) is 113 Å². The average Bonchev–Trinajstić information content (AvgIpc) is 1.29. The number of carbonyl (C=O) groups is 12. The lowest BCUT2D eigenvalue weighted by Crippen LogP contribution is -2.71. The molecule has 14 atom stereocenters. The van der Waals surface area contributed by atoms with Gasteiger partial charge in [-0.25, -0.2) is 8.78 Å². The minimum atomic E-state index is -2.54. The Balaban J connectivity index is 1.35. The van der Waals surface area contributed by atoms with E-state index in [2.05, 4.69) is 16.0 Å². The average molecular weight is 1550 g/mol. The molecule has 3 aliphatic carbocycles. The molecule has 12 amide bonds. The molecule has 4 heterocycles. The predicted molar refractivity (Wildman–Crippen MR) is 404 cm³/mol. The Morgan fingerprint density at radius 3 is 1.89 bits per heavy atom. The summed E-state index contributed by atoms with van der Waals surface area (Å²) in [4.78, 5) is 196. The number of amides is 12. The van der Waals surface area contributed by atoms with Crippen LogP contribution < -0.4 is 16.0 Å². The van der Waals surface area contributed by atoms with Crippen molar-refractivity contribution in [3.8, 4) is 0 Å². The summed E-state index contributed by atoms with van der Waals surface area (Å²) in [5.41, 5.74) is -2.14. The number of halogens is 4. The largest absolute Gasteiger partial charge is 0.374 e. The van der Waals surface area contributed by atoms with Crippen molar-refractivity contribution < 1.29 is 71.1 Å². The van der Waals surface area contributed by atoms with E-state index in [1.165, 1.54) is 93.4 Å². The molecule has 604 valence electrons. The summed E-state index contributed by atoms with van der Waals surface area (Å²) >= 11 is 13.4. The first-order valence-electron chi connectivity index (χ1n) is 39.6. The fraction of sp³-hybridized carbons (Fsp3) is 0.821. The smallest absolute Gasteiger partial charge is 0.248 e. The zero-order valence-corrected chi connectivity index (χ0v) is 68.1. The fourth-order valence-electron chi connectivity index (χ4n) is 18.0.